The first-order chi connectivity index (χ1) is 17.3. The highest BCUT2D eigenvalue weighted by Gasteiger charge is 2.51. The molecule has 5 atom stereocenters. The zero-order valence-electron chi connectivity index (χ0n) is 18.6. The Morgan fingerprint density at radius 2 is 1.78 bits per heavy atom. The number of nitro groups is 2. The summed E-state index contributed by atoms with van der Waals surface area (Å²) in [4.78, 5) is 34.6. The van der Waals surface area contributed by atoms with Crippen molar-refractivity contribution < 1.29 is 19.7 Å². The van der Waals surface area contributed by atoms with Crippen molar-refractivity contribution in [3.8, 4) is 0 Å². The van der Waals surface area contributed by atoms with Gasteiger partial charge >= 0.3 is 5.97 Å². The summed E-state index contributed by atoms with van der Waals surface area (Å²) in [7, 11) is 0. The van der Waals surface area contributed by atoms with Gasteiger partial charge in [0.25, 0.3) is 11.4 Å². The number of carboxylic acid groups (broad SMARTS) is 1. The predicted molar refractivity (Wildman–Crippen MR) is 136 cm³/mol. The molecule has 3 aromatic carbocycles. The van der Waals surface area contributed by atoms with Gasteiger partial charge in [0.1, 0.15) is 0 Å². The van der Waals surface area contributed by atoms with Gasteiger partial charge in [0.2, 0.25) is 0 Å². The SMILES string of the molecule is O=C(O)c1cccc2c1N[C@H](c1cccc([N+](=O)[O-])c1)[C@@H]1C[C@H](Sc3ccccc3[N+](=O)[O-])[C@H](Cl)[C@@H]21. The second-order valence-electron chi connectivity index (χ2n) is 8.80. The Bertz CT molecular complexity index is 1390. The number of rotatable bonds is 6. The van der Waals surface area contributed by atoms with Gasteiger partial charge in [-0.1, -0.05) is 36.4 Å². The zero-order chi connectivity index (χ0) is 25.6. The van der Waals surface area contributed by atoms with E-state index in [-0.39, 0.29) is 34.0 Å². The van der Waals surface area contributed by atoms with Crippen molar-refractivity contribution in [1.82, 2.24) is 0 Å². The van der Waals surface area contributed by atoms with Crippen LogP contribution in [0.1, 0.15) is 39.9 Å². The lowest BCUT2D eigenvalue weighted by molar-refractivity contribution is -0.387. The van der Waals surface area contributed by atoms with E-state index < -0.39 is 27.2 Å². The van der Waals surface area contributed by atoms with Gasteiger partial charge in [-0.2, -0.15) is 0 Å². The number of aromatic carboxylic acids is 1. The molecular weight excluding hydrogens is 506 g/mol. The van der Waals surface area contributed by atoms with E-state index in [4.69, 9.17) is 11.6 Å². The number of benzene rings is 3. The van der Waals surface area contributed by atoms with Crippen LogP contribution in [0.2, 0.25) is 0 Å². The molecule has 11 heteroatoms. The van der Waals surface area contributed by atoms with Gasteiger partial charge in [0, 0.05) is 29.4 Å². The lowest BCUT2D eigenvalue weighted by Crippen LogP contribution is -2.32. The predicted octanol–water partition coefficient (Wildman–Crippen LogP) is 6.24. The molecule has 0 saturated heterocycles. The summed E-state index contributed by atoms with van der Waals surface area (Å²) in [6, 6.07) is 17.4. The Hall–Kier alpha value is -3.63. The molecule has 1 saturated carbocycles. The van der Waals surface area contributed by atoms with Crippen LogP contribution in [0.25, 0.3) is 0 Å². The van der Waals surface area contributed by atoms with E-state index in [9.17, 15) is 30.1 Å². The molecule has 0 aromatic heterocycles. The number of hydrogen-bond donors (Lipinski definition) is 2. The first-order valence-corrected chi connectivity index (χ1v) is 12.5. The topological polar surface area (TPSA) is 136 Å². The first-order valence-electron chi connectivity index (χ1n) is 11.2. The molecule has 5 rings (SSSR count). The average molecular weight is 526 g/mol. The van der Waals surface area contributed by atoms with Crippen molar-refractivity contribution in [2.75, 3.05) is 5.32 Å². The van der Waals surface area contributed by atoms with E-state index in [1.165, 1.54) is 36.0 Å². The molecule has 2 aliphatic rings. The molecule has 1 aliphatic carbocycles. The molecule has 36 heavy (non-hydrogen) atoms. The quantitative estimate of drug-likeness (QED) is 0.219. The average Bonchev–Trinajstić information content (AvgIpc) is 3.19. The van der Waals surface area contributed by atoms with Crippen LogP contribution in [0.5, 0.6) is 0 Å². The van der Waals surface area contributed by atoms with Gasteiger partial charge in [-0.3, -0.25) is 20.2 Å². The summed E-state index contributed by atoms with van der Waals surface area (Å²) < 4.78 is 0. The Morgan fingerprint density at radius 1 is 1.03 bits per heavy atom. The monoisotopic (exact) mass is 525 g/mol. The fraction of sp³-hybridized carbons (Fsp3) is 0.240. The highest BCUT2D eigenvalue weighted by Crippen LogP contribution is 2.58. The number of thioether (sulfide) groups is 1. The van der Waals surface area contributed by atoms with Crippen molar-refractivity contribution >= 4 is 46.4 Å². The molecule has 9 nitrogen and oxygen atoms in total. The second-order valence-corrected chi connectivity index (χ2v) is 10.6. The van der Waals surface area contributed by atoms with Gasteiger partial charge in [0.05, 0.1) is 37.4 Å². The van der Waals surface area contributed by atoms with Gasteiger partial charge in [-0.05, 0) is 35.6 Å². The summed E-state index contributed by atoms with van der Waals surface area (Å²) in [6.07, 6.45) is 0.576. The van der Waals surface area contributed by atoms with Crippen molar-refractivity contribution in [2.24, 2.45) is 5.92 Å². The minimum atomic E-state index is -1.09. The fourth-order valence-electron chi connectivity index (χ4n) is 5.35. The number of nitro benzene ring substituents is 2. The molecule has 1 fully saturated rings. The smallest absolute Gasteiger partial charge is 0.337 e. The number of non-ortho nitro benzene ring substituents is 1. The third kappa shape index (κ3) is 4.16. The Balaban J connectivity index is 1.59. The Morgan fingerprint density at radius 3 is 2.50 bits per heavy atom. The number of para-hydroxylation sites is 2. The third-order valence-corrected chi connectivity index (χ3v) is 8.97. The lowest BCUT2D eigenvalue weighted by atomic mass is 9.76. The van der Waals surface area contributed by atoms with Crippen LogP contribution in [0.3, 0.4) is 0 Å². The van der Waals surface area contributed by atoms with Crippen LogP contribution in [-0.2, 0) is 0 Å². The number of carbonyl (C=O) groups is 1. The molecule has 0 spiro atoms. The zero-order valence-corrected chi connectivity index (χ0v) is 20.2. The van der Waals surface area contributed by atoms with Crippen LogP contribution >= 0.6 is 23.4 Å². The summed E-state index contributed by atoms with van der Waals surface area (Å²) in [5.74, 6) is -1.47. The van der Waals surface area contributed by atoms with E-state index in [0.717, 1.165) is 5.56 Å². The summed E-state index contributed by atoms with van der Waals surface area (Å²) >= 11 is 8.40. The molecule has 184 valence electrons. The van der Waals surface area contributed by atoms with Crippen molar-refractivity contribution in [1.29, 1.82) is 0 Å². The van der Waals surface area contributed by atoms with Gasteiger partial charge in [-0.25, -0.2) is 4.79 Å². The maximum atomic E-state index is 12.0. The maximum Gasteiger partial charge on any atom is 0.337 e. The van der Waals surface area contributed by atoms with Gasteiger partial charge in [-0.15, -0.1) is 23.4 Å². The number of carboxylic acids is 1. The molecule has 0 unspecified atom stereocenters. The molecular formula is C25H20ClN3O6S. The maximum absolute atomic E-state index is 12.0. The van der Waals surface area contributed by atoms with Crippen molar-refractivity contribution in [2.45, 2.75) is 33.9 Å². The first kappa shape index (κ1) is 24.1. The molecule has 1 aliphatic heterocycles. The molecule has 2 N–H and O–H groups in total. The fourth-order valence-corrected chi connectivity index (χ4v) is 7.30. The normalized spacial score (nSPS) is 24.3. The van der Waals surface area contributed by atoms with Crippen LogP contribution in [0.15, 0.2) is 71.6 Å². The number of anilines is 1. The molecule has 1 heterocycles. The van der Waals surface area contributed by atoms with Crippen LogP contribution in [0, 0.1) is 26.1 Å². The van der Waals surface area contributed by atoms with Crippen molar-refractivity contribution in [3.05, 3.63) is 104 Å². The number of hydrogen-bond acceptors (Lipinski definition) is 7. The van der Waals surface area contributed by atoms with Crippen molar-refractivity contribution in [3.63, 3.8) is 0 Å². The minimum Gasteiger partial charge on any atom is -0.478 e. The van der Waals surface area contributed by atoms with E-state index in [1.54, 1.807) is 36.4 Å². The van der Waals surface area contributed by atoms with E-state index in [0.29, 0.717) is 22.6 Å². The molecule has 0 amide bonds. The van der Waals surface area contributed by atoms with Crippen LogP contribution in [0.4, 0.5) is 17.1 Å². The second kappa shape index (κ2) is 9.44. The number of nitrogens with one attached hydrogen (secondary N) is 1. The number of alkyl halides is 1. The van der Waals surface area contributed by atoms with E-state index in [1.807, 2.05) is 6.07 Å². The number of nitrogens with zero attached hydrogens (tertiary/aromatic N) is 2. The summed E-state index contributed by atoms with van der Waals surface area (Å²) in [5.41, 5.74) is 1.92. The highest BCUT2D eigenvalue weighted by molar-refractivity contribution is 8.00. The highest BCUT2D eigenvalue weighted by atomic mass is 35.5. The number of fused-ring (bicyclic) bond motifs is 3. The third-order valence-electron chi connectivity index (χ3n) is 6.86. The molecule has 0 bridgehead atoms. The van der Waals surface area contributed by atoms with Crippen LogP contribution in [-0.4, -0.2) is 31.5 Å². The summed E-state index contributed by atoms with van der Waals surface area (Å²) in [6.45, 7) is 0. The molecule has 3 aromatic rings. The standard InChI is InChI=1S/C25H20ClN3O6S/c26-22-20(36-19-10-2-1-9-18(19)29(34)35)12-17-21(22)15-7-4-8-16(25(30)31)24(15)27-23(17)13-5-3-6-14(11-13)28(32)33/h1-11,17,20-23,27H,12H2,(H,30,31)/t17-,20+,21+,22+,23-/m1/s1. The van der Waals surface area contributed by atoms with E-state index in [2.05, 4.69) is 5.32 Å². The largest absolute Gasteiger partial charge is 0.478 e. The van der Waals surface area contributed by atoms with Gasteiger partial charge < -0.3 is 10.4 Å². The molecule has 0 radical (unpaired) electrons. The van der Waals surface area contributed by atoms with Crippen LogP contribution < -0.4 is 5.32 Å². The minimum absolute atomic E-state index is 0.00293. The lowest BCUT2D eigenvalue weighted by Gasteiger charge is -2.38. The summed E-state index contributed by atoms with van der Waals surface area (Å²) in [5, 5.41) is 35.5. The van der Waals surface area contributed by atoms with Gasteiger partial charge in [0.15, 0.2) is 0 Å². The van der Waals surface area contributed by atoms with E-state index >= 15 is 0 Å². The Kier molecular flexibility index (Phi) is 6.31. The Labute approximate surface area is 214 Å². The number of halogens is 1.